The third kappa shape index (κ3) is 2.29. The molecule has 0 bridgehead atoms. The van der Waals surface area contributed by atoms with Gasteiger partial charge in [0, 0.05) is 11.6 Å². The predicted molar refractivity (Wildman–Crippen MR) is 60.5 cm³/mol. The van der Waals surface area contributed by atoms with Crippen molar-refractivity contribution in [2.24, 2.45) is 0 Å². The molecule has 2 heterocycles. The summed E-state index contributed by atoms with van der Waals surface area (Å²) in [6.07, 6.45) is 9.61. The van der Waals surface area contributed by atoms with E-state index in [0.717, 1.165) is 6.04 Å². The van der Waals surface area contributed by atoms with E-state index in [1.54, 1.807) is 0 Å². The molecule has 2 fully saturated rings. The highest BCUT2D eigenvalue weighted by Crippen LogP contribution is 2.29. The summed E-state index contributed by atoms with van der Waals surface area (Å²) in [5.41, 5.74) is 0.472. The fourth-order valence-corrected chi connectivity index (χ4v) is 3.05. The maximum Gasteiger partial charge on any atom is 0.0193 e. The lowest BCUT2D eigenvalue weighted by molar-refractivity contribution is 0.209. The van der Waals surface area contributed by atoms with Crippen LogP contribution in [0.3, 0.4) is 0 Å². The number of nitrogens with one attached hydrogen (secondary N) is 2. The molecular formula is C12H24N2. The van der Waals surface area contributed by atoms with Crippen LogP contribution in [0.15, 0.2) is 0 Å². The van der Waals surface area contributed by atoms with E-state index in [4.69, 9.17) is 0 Å². The molecule has 2 nitrogen and oxygen atoms in total. The molecule has 82 valence electrons. The Morgan fingerprint density at radius 3 is 2.71 bits per heavy atom. The van der Waals surface area contributed by atoms with Crippen molar-refractivity contribution in [1.82, 2.24) is 10.6 Å². The Morgan fingerprint density at radius 2 is 2.14 bits per heavy atom. The van der Waals surface area contributed by atoms with Crippen molar-refractivity contribution in [1.29, 1.82) is 0 Å². The first-order chi connectivity index (χ1) is 6.85. The average Bonchev–Trinajstić information content (AvgIpc) is 2.72. The van der Waals surface area contributed by atoms with Gasteiger partial charge in [-0.1, -0.05) is 13.3 Å². The zero-order valence-electron chi connectivity index (χ0n) is 9.44. The molecule has 2 aliphatic rings. The molecule has 14 heavy (non-hydrogen) atoms. The molecule has 2 N–H and O–H groups in total. The van der Waals surface area contributed by atoms with Crippen LogP contribution in [0.2, 0.25) is 0 Å². The Hall–Kier alpha value is -0.0800. The Morgan fingerprint density at radius 1 is 1.21 bits per heavy atom. The fraction of sp³-hybridized carbons (Fsp3) is 1.00. The van der Waals surface area contributed by atoms with Gasteiger partial charge in [0.15, 0.2) is 0 Å². The van der Waals surface area contributed by atoms with Gasteiger partial charge in [0.2, 0.25) is 0 Å². The molecule has 2 aliphatic heterocycles. The van der Waals surface area contributed by atoms with E-state index in [1.165, 1.54) is 58.0 Å². The summed E-state index contributed by atoms with van der Waals surface area (Å²) in [5.74, 6) is 0. The number of hydrogen-bond donors (Lipinski definition) is 2. The third-order valence-corrected chi connectivity index (χ3v) is 4.06. The number of hydrogen-bond acceptors (Lipinski definition) is 2. The van der Waals surface area contributed by atoms with Crippen LogP contribution in [0.4, 0.5) is 0 Å². The molecule has 0 amide bonds. The zero-order valence-corrected chi connectivity index (χ0v) is 9.44. The molecule has 0 aromatic rings. The van der Waals surface area contributed by atoms with Crippen molar-refractivity contribution in [2.75, 3.05) is 13.1 Å². The van der Waals surface area contributed by atoms with Crippen LogP contribution >= 0.6 is 0 Å². The zero-order chi connectivity index (χ0) is 9.86. The first kappa shape index (κ1) is 10.4. The minimum atomic E-state index is 0.472. The van der Waals surface area contributed by atoms with Gasteiger partial charge in [0.25, 0.3) is 0 Å². The van der Waals surface area contributed by atoms with E-state index in [1.807, 2.05) is 0 Å². The molecule has 2 saturated heterocycles. The standard InChI is InChI=1S/C12H24N2/c1-2-12(7-3-4-9-14-12)10-11-6-5-8-13-11/h11,13-14H,2-10H2,1H3. The van der Waals surface area contributed by atoms with E-state index in [-0.39, 0.29) is 0 Å². The maximum absolute atomic E-state index is 3.77. The van der Waals surface area contributed by atoms with Crippen molar-refractivity contribution in [3.63, 3.8) is 0 Å². The molecule has 0 spiro atoms. The Kier molecular flexibility index (Phi) is 3.45. The molecule has 0 aliphatic carbocycles. The topological polar surface area (TPSA) is 24.1 Å². The van der Waals surface area contributed by atoms with Crippen LogP contribution in [0.25, 0.3) is 0 Å². The molecule has 2 atom stereocenters. The van der Waals surface area contributed by atoms with Crippen LogP contribution < -0.4 is 10.6 Å². The number of rotatable bonds is 3. The summed E-state index contributed by atoms with van der Waals surface area (Å²) < 4.78 is 0. The second-order valence-corrected chi connectivity index (χ2v) is 5.02. The quantitative estimate of drug-likeness (QED) is 0.722. The minimum absolute atomic E-state index is 0.472. The summed E-state index contributed by atoms with van der Waals surface area (Å²) in [6.45, 7) is 4.82. The van der Waals surface area contributed by atoms with E-state index >= 15 is 0 Å². The Labute approximate surface area is 87.8 Å². The van der Waals surface area contributed by atoms with E-state index in [0.29, 0.717) is 5.54 Å². The van der Waals surface area contributed by atoms with E-state index in [9.17, 15) is 0 Å². The minimum Gasteiger partial charge on any atom is -0.314 e. The second-order valence-electron chi connectivity index (χ2n) is 5.02. The van der Waals surface area contributed by atoms with Gasteiger partial charge in [-0.25, -0.2) is 0 Å². The van der Waals surface area contributed by atoms with Gasteiger partial charge in [-0.15, -0.1) is 0 Å². The van der Waals surface area contributed by atoms with Gasteiger partial charge in [-0.3, -0.25) is 0 Å². The van der Waals surface area contributed by atoms with Crippen molar-refractivity contribution >= 4 is 0 Å². The van der Waals surface area contributed by atoms with Crippen LogP contribution in [0.5, 0.6) is 0 Å². The van der Waals surface area contributed by atoms with Gasteiger partial charge in [0.1, 0.15) is 0 Å². The van der Waals surface area contributed by atoms with Crippen molar-refractivity contribution in [2.45, 2.75) is 63.5 Å². The number of piperidine rings is 1. The summed E-state index contributed by atoms with van der Waals surface area (Å²) in [5, 5.41) is 7.39. The molecule has 0 aromatic carbocycles. The first-order valence-electron chi connectivity index (χ1n) is 6.33. The summed E-state index contributed by atoms with van der Waals surface area (Å²) >= 11 is 0. The highest BCUT2D eigenvalue weighted by molar-refractivity contribution is 4.94. The predicted octanol–water partition coefficient (Wildman–Crippen LogP) is 2.05. The van der Waals surface area contributed by atoms with E-state index < -0.39 is 0 Å². The largest absolute Gasteiger partial charge is 0.314 e. The Balaban J connectivity index is 1.89. The lowest BCUT2D eigenvalue weighted by atomic mass is 9.81. The molecule has 0 radical (unpaired) electrons. The first-order valence-corrected chi connectivity index (χ1v) is 6.33. The summed E-state index contributed by atoms with van der Waals surface area (Å²) in [4.78, 5) is 0. The van der Waals surface area contributed by atoms with Crippen LogP contribution in [-0.4, -0.2) is 24.7 Å². The van der Waals surface area contributed by atoms with Gasteiger partial charge in [-0.05, 0) is 51.6 Å². The SMILES string of the molecule is CCC1(CC2CCCN2)CCCCN1. The fourth-order valence-electron chi connectivity index (χ4n) is 3.05. The molecule has 0 saturated carbocycles. The second kappa shape index (κ2) is 4.63. The normalized spacial score (nSPS) is 38.8. The molecule has 0 aromatic heterocycles. The Bertz CT molecular complexity index is 167. The molecule has 2 heteroatoms. The smallest absolute Gasteiger partial charge is 0.0193 e. The van der Waals surface area contributed by atoms with Gasteiger partial charge in [0.05, 0.1) is 0 Å². The van der Waals surface area contributed by atoms with E-state index in [2.05, 4.69) is 17.6 Å². The lowest BCUT2D eigenvalue weighted by Crippen LogP contribution is -2.51. The van der Waals surface area contributed by atoms with Crippen LogP contribution in [-0.2, 0) is 0 Å². The van der Waals surface area contributed by atoms with Gasteiger partial charge >= 0.3 is 0 Å². The summed E-state index contributed by atoms with van der Waals surface area (Å²) in [6, 6.07) is 0.792. The highest BCUT2D eigenvalue weighted by atomic mass is 15.0. The van der Waals surface area contributed by atoms with Crippen LogP contribution in [0, 0.1) is 0 Å². The monoisotopic (exact) mass is 196 g/mol. The van der Waals surface area contributed by atoms with Crippen molar-refractivity contribution in [3.8, 4) is 0 Å². The highest BCUT2D eigenvalue weighted by Gasteiger charge is 2.33. The maximum atomic E-state index is 3.77. The average molecular weight is 196 g/mol. The molecule has 2 unspecified atom stereocenters. The third-order valence-electron chi connectivity index (χ3n) is 4.06. The lowest BCUT2D eigenvalue weighted by Gasteiger charge is -2.39. The molecule has 2 rings (SSSR count). The summed E-state index contributed by atoms with van der Waals surface area (Å²) in [7, 11) is 0. The molecular weight excluding hydrogens is 172 g/mol. The van der Waals surface area contributed by atoms with Crippen molar-refractivity contribution in [3.05, 3.63) is 0 Å². The van der Waals surface area contributed by atoms with Crippen molar-refractivity contribution < 1.29 is 0 Å². The van der Waals surface area contributed by atoms with Gasteiger partial charge < -0.3 is 10.6 Å². The van der Waals surface area contributed by atoms with Crippen LogP contribution in [0.1, 0.15) is 51.9 Å². The van der Waals surface area contributed by atoms with Gasteiger partial charge in [-0.2, -0.15) is 0 Å².